The summed E-state index contributed by atoms with van der Waals surface area (Å²) in [4.78, 5) is 22.5. The van der Waals surface area contributed by atoms with Gasteiger partial charge in [-0.1, -0.05) is 0 Å². The number of esters is 1. The number of hydrogen-bond donors (Lipinski definition) is 1. The smallest absolute Gasteiger partial charge is 0.359 e. The molecule has 0 radical (unpaired) electrons. The molecule has 2 unspecified atom stereocenters. The van der Waals surface area contributed by atoms with Gasteiger partial charge in [0.25, 0.3) is 0 Å². The molecule has 0 spiro atoms. The number of ether oxygens (including phenoxy) is 1. The molecule has 1 aromatic heterocycles. The number of aryl methyl sites for hydroxylation is 1. The second-order valence-corrected chi connectivity index (χ2v) is 4.11. The lowest BCUT2D eigenvalue weighted by atomic mass is 10.1. The Balaban J connectivity index is 2.23. The molecule has 6 heteroatoms. The summed E-state index contributed by atoms with van der Waals surface area (Å²) in [6.07, 6.45) is 2.26. The van der Waals surface area contributed by atoms with Gasteiger partial charge in [-0.15, -0.1) is 0 Å². The van der Waals surface area contributed by atoms with Crippen molar-refractivity contribution in [2.45, 2.75) is 19.3 Å². The molecule has 1 N–H and O–H groups in total. The third-order valence-electron chi connectivity index (χ3n) is 2.83. The van der Waals surface area contributed by atoms with Crippen molar-refractivity contribution in [3.63, 3.8) is 0 Å². The molecular formula is C11H14N2O4. The van der Waals surface area contributed by atoms with Gasteiger partial charge in [0.1, 0.15) is 0 Å². The monoisotopic (exact) mass is 238 g/mol. The standard InChI is InChI=1S/C11H14N2O4/c1-3-17-11(16)9-8(5-13(2)12-9)6-4-7(6)10(14)15/h5-7H,3-4H2,1-2H3,(H,14,15). The molecule has 1 saturated carbocycles. The van der Waals surface area contributed by atoms with E-state index in [-0.39, 0.29) is 18.2 Å². The van der Waals surface area contributed by atoms with Crippen LogP contribution >= 0.6 is 0 Å². The number of carbonyl (C=O) groups excluding carboxylic acids is 1. The van der Waals surface area contributed by atoms with Crippen LogP contribution < -0.4 is 0 Å². The Bertz CT molecular complexity index is 466. The van der Waals surface area contributed by atoms with E-state index in [0.717, 1.165) is 0 Å². The van der Waals surface area contributed by atoms with Crippen LogP contribution in [0.4, 0.5) is 0 Å². The topological polar surface area (TPSA) is 81.4 Å². The summed E-state index contributed by atoms with van der Waals surface area (Å²) in [5, 5.41) is 12.9. The molecule has 0 bridgehead atoms. The fourth-order valence-corrected chi connectivity index (χ4v) is 1.95. The van der Waals surface area contributed by atoms with Gasteiger partial charge in [0.05, 0.1) is 12.5 Å². The first kappa shape index (κ1) is 11.6. The number of nitrogens with zero attached hydrogens (tertiary/aromatic N) is 2. The Morgan fingerprint density at radius 3 is 2.88 bits per heavy atom. The van der Waals surface area contributed by atoms with Crippen LogP contribution in [-0.2, 0) is 16.6 Å². The summed E-state index contributed by atoms with van der Waals surface area (Å²) in [6.45, 7) is 2.00. The van der Waals surface area contributed by atoms with Gasteiger partial charge < -0.3 is 9.84 Å². The highest BCUT2D eigenvalue weighted by Crippen LogP contribution is 2.48. The van der Waals surface area contributed by atoms with Gasteiger partial charge in [-0.05, 0) is 13.3 Å². The third-order valence-corrected chi connectivity index (χ3v) is 2.83. The van der Waals surface area contributed by atoms with E-state index in [9.17, 15) is 9.59 Å². The molecule has 17 heavy (non-hydrogen) atoms. The molecule has 0 saturated heterocycles. The number of carboxylic acid groups (broad SMARTS) is 1. The fourth-order valence-electron chi connectivity index (χ4n) is 1.95. The lowest BCUT2D eigenvalue weighted by molar-refractivity contribution is -0.138. The van der Waals surface area contributed by atoms with Crippen LogP contribution in [-0.4, -0.2) is 33.4 Å². The van der Waals surface area contributed by atoms with Gasteiger partial charge in [-0.25, -0.2) is 4.79 Å². The quantitative estimate of drug-likeness (QED) is 0.784. The summed E-state index contributed by atoms with van der Waals surface area (Å²) in [7, 11) is 1.70. The predicted octanol–water partition coefficient (Wildman–Crippen LogP) is 0.785. The maximum absolute atomic E-state index is 11.6. The number of aromatic nitrogens is 2. The number of carboxylic acids is 1. The lowest BCUT2D eigenvalue weighted by Crippen LogP contribution is -2.09. The first-order chi connectivity index (χ1) is 8.04. The highest BCUT2D eigenvalue weighted by molar-refractivity contribution is 5.90. The normalized spacial score (nSPS) is 22.2. The molecule has 92 valence electrons. The molecule has 0 aromatic carbocycles. The zero-order valence-corrected chi connectivity index (χ0v) is 9.71. The first-order valence-corrected chi connectivity index (χ1v) is 5.48. The first-order valence-electron chi connectivity index (χ1n) is 5.48. The van der Waals surface area contributed by atoms with Crippen molar-refractivity contribution >= 4 is 11.9 Å². The van der Waals surface area contributed by atoms with E-state index in [1.807, 2.05) is 0 Å². The van der Waals surface area contributed by atoms with Gasteiger partial charge >= 0.3 is 11.9 Å². The lowest BCUT2D eigenvalue weighted by Gasteiger charge is -2.00. The van der Waals surface area contributed by atoms with E-state index in [1.54, 1.807) is 20.2 Å². The number of aliphatic carboxylic acids is 1. The third kappa shape index (κ3) is 2.15. The second kappa shape index (κ2) is 4.20. The summed E-state index contributed by atoms with van der Waals surface area (Å²) in [5.41, 5.74) is 0.918. The van der Waals surface area contributed by atoms with Crippen molar-refractivity contribution < 1.29 is 19.4 Å². The molecule has 1 aliphatic rings. The van der Waals surface area contributed by atoms with E-state index in [1.165, 1.54) is 4.68 Å². The van der Waals surface area contributed by atoms with Gasteiger partial charge in [0.15, 0.2) is 5.69 Å². The maximum Gasteiger partial charge on any atom is 0.359 e. The second-order valence-electron chi connectivity index (χ2n) is 4.11. The van der Waals surface area contributed by atoms with E-state index in [2.05, 4.69) is 5.10 Å². The summed E-state index contributed by atoms with van der Waals surface area (Å²) >= 11 is 0. The molecule has 6 nitrogen and oxygen atoms in total. The van der Waals surface area contributed by atoms with Crippen LogP contribution in [0.2, 0.25) is 0 Å². The molecule has 1 fully saturated rings. The highest BCUT2D eigenvalue weighted by Gasteiger charge is 2.47. The summed E-state index contributed by atoms with van der Waals surface area (Å²) in [6, 6.07) is 0. The maximum atomic E-state index is 11.6. The molecule has 1 heterocycles. The van der Waals surface area contributed by atoms with Crippen LogP contribution in [0.15, 0.2) is 6.20 Å². The van der Waals surface area contributed by atoms with E-state index >= 15 is 0 Å². The van der Waals surface area contributed by atoms with Crippen LogP contribution in [0, 0.1) is 5.92 Å². The van der Waals surface area contributed by atoms with Gasteiger partial charge in [0.2, 0.25) is 0 Å². The Morgan fingerprint density at radius 1 is 1.65 bits per heavy atom. The number of hydrogen-bond acceptors (Lipinski definition) is 4. The Morgan fingerprint density at radius 2 is 2.35 bits per heavy atom. The van der Waals surface area contributed by atoms with Crippen LogP contribution in [0.1, 0.15) is 35.3 Å². The largest absolute Gasteiger partial charge is 0.481 e. The molecule has 2 rings (SSSR count). The van der Waals surface area contributed by atoms with Gasteiger partial charge in [-0.3, -0.25) is 9.48 Å². The van der Waals surface area contributed by atoms with Crippen molar-refractivity contribution in [3.8, 4) is 0 Å². The van der Waals surface area contributed by atoms with Gasteiger partial charge in [-0.2, -0.15) is 5.10 Å². The average Bonchev–Trinajstić information content (AvgIpc) is 2.96. The van der Waals surface area contributed by atoms with Crippen molar-refractivity contribution in [2.24, 2.45) is 13.0 Å². The molecule has 1 aromatic rings. The van der Waals surface area contributed by atoms with Crippen molar-refractivity contribution in [1.82, 2.24) is 9.78 Å². The van der Waals surface area contributed by atoms with E-state index in [4.69, 9.17) is 9.84 Å². The predicted molar refractivity (Wildman–Crippen MR) is 57.6 cm³/mol. The Kier molecular flexibility index (Phi) is 2.87. The molecule has 0 aliphatic heterocycles. The van der Waals surface area contributed by atoms with Crippen molar-refractivity contribution in [1.29, 1.82) is 0 Å². The van der Waals surface area contributed by atoms with Crippen LogP contribution in [0.5, 0.6) is 0 Å². The summed E-state index contributed by atoms with van der Waals surface area (Å²) in [5.74, 6) is -1.82. The average molecular weight is 238 g/mol. The fraction of sp³-hybridized carbons (Fsp3) is 0.545. The Hall–Kier alpha value is -1.85. The molecule has 0 amide bonds. The minimum absolute atomic E-state index is 0.111. The van der Waals surface area contributed by atoms with Crippen molar-refractivity contribution in [3.05, 3.63) is 17.5 Å². The SMILES string of the molecule is CCOC(=O)c1nn(C)cc1C1CC1C(=O)O. The van der Waals surface area contributed by atoms with E-state index < -0.39 is 17.9 Å². The molecule has 2 atom stereocenters. The van der Waals surface area contributed by atoms with Crippen LogP contribution in [0.25, 0.3) is 0 Å². The van der Waals surface area contributed by atoms with Gasteiger partial charge in [0, 0.05) is 24.7 Å². The minimum atomic E-state index is -0.825. The zero-order valence-electron chi connectivity index (χ0n) is 9.71. The number of carbonyl (C=O) groups is 2. The zero-order chi connectivity index (χ0) is 12.6. The minimum Gasteiger partial charge on any atom is -0.481 e. The van der Waals surface area contributed by atoms with Crippen LogP contribution in [0.3, 0.4) is 0 Å². The van der Waals surface area contributed by atoms with E-state index in [0.29, 0.717) is 12.0 Å². The molecule has 1 aliphatic carbocycles. The number of rotatable bonds is 4. The summed E-state index contributed by atoms with van der Waals surface area (Å²) < 4.78 is 6.41. The highest BCUT2D eigenvalue weighted by atomic mass is 16.5. The van der Waals surface area contributed by atoms with Crippen molar-refractivity contribution in [2.75, 3.05) is 6.61 Å². The molecular weight excluding hydrogens is 224 g/mol. The Labute approximate surface area is 98.2 Å².